The van der Waals surface area contributed by atoms with Crippen molar-refractivity contribution in [3.8, 4) is 10.8 Å². The fourth-order valence-corrected chi connectivity index (χ4v) is 2.85. The van der Waals surface area contributed by atoms with Crippen LogP contribution in [0.25, 0.3) is 10.8 Å². The van der Waals surface area contributed by atoms with Gasteiger partial charge in [0.05, 0.1) is 10.6 Å². The maximum absolute atomic E-state index is 12.5. The number of hydrogen-bond donors (Lipinski definition) is 1. The molecule has 3 aromatic heterocycles. The molecule has 0 aliphatic carbocycles. The van der Waals surface area contributed by atoms with Crippen LogP contribution in [0.15, 0.2) is 27.2 Å². The van der Waals surface area contributed by atoms with Crippen LogP contribution in [0.2, 0.25) is 0 Å². The summed E-state index contributed by atoms with van der Waals surface area (Å²) >= 11 is 2.37. The van der Waals surface area contributed by atoms with E-state index in [2.05, 4.69) is 20.3 Å². The van der Waals surface area contributed by atoms with E-state index in [0.717, 1.165) is 16.6 Å². The summed E-state index contributed by atoms with van der Waals surface area (Å²) < 4.78 is 43.1. The Labute approximate surface area is 129 Å². The van der Waals surface area contributed by atoms with Crippen LogP contribution >= 0.6 is 23.1 Å². The van der Waals surface area contributed by atoms with Crippen molar-refractivity contribution >= 4 is 23.1 Å². The van der Waals surface area contributed by atoms with Crippen molar-refractivity contribution in [3.05, 3.63) is 29.2 Å². The van der Waals surface area contributed by atoms with Crippen molar-refractivity contribution in [2.75, 3.05) is 5.84 Å². The van der Waals surface area contributed by atoms with Crippen molar-refractivity contribution in [1.29, 1.82) is 0 Å². The molecule has 7 nitrogen and oxygen atoms in total. The van der Waals surface area contributed by atoms with Gasteiger partial charge >= 0.3 is 6.18 Å². The number of thioether (sulfide) groups is 1. The fraction of sp³-hybridized carbons (Fsp3) is 0.200. The SMILES string of the molecule is Nn1c(SCc2noc(-c3cccs3)n2)nnc1C(F)(F)F. The van der Waals surface area contributed by atoms with E-state index in [0.29, 0.717) is 16.4 Å². The van der Waals surface area contributed by atoms with Crippen LogP contribution in [-0.2, 0) is 11.9 Å². The van der Waals surface area contributed by atoms with Crippen LogP contribution in [-0.4, -0.2) is 25.0 Å². The second-order valence-electron chi connectivity index (χ2n) is 3.96. The van der Waals surface area contributed by atoms with Gasteiger partial charge in [-0.05, 0) is 11.4 Å². The maximum atomic E-state index is 12.5. The van der Waals surface area contributed by atoms with Gasteiger partial charge in [0, 0.05) is 0 Å². The first kappa shape index (κ1) is 14.8. The monoisotopic (exact) mass is 348 g/mol. The second kappa shape index (κ2) is 5.61. The topological polar surface area (TPSA) is 95.7 Å². The van der Waals surface area contributed by atoms with E-state index in [4.69, 9.17) is 10.4 Å². The summed E-state index contributed by atoms with van der Waals surface area (Å²) in [5.41, 5.74) is 0. The molecule has 2 N–H and O–H groups in total. The molecule has 0 atom stereocenters. The van der Waals surface area contributed by atoms with Gasteiger partial charge in [0.25, 0.3) is 11.7 Å². The Kier molecular flexibility index (Phi) is 3.78. The van der Waals surface area contributed by atoms with E-state index < -0.39 is 12.0 Å². The predicted octanol–water partition coefficient (Wildman–Crippen LogP) is 2.41. The molecule has 22 heavy (non-hydrogen) atoms. The molecule has 0 saturated heterocycles. The van der Waals surface area contributed by atoms with Gasteiger partial charge < -0.3 is 10.4 Å². The van der Waals surface area contributed by atoms with Gasteiger partial charge in [-0.1, -0.05) is 23.0 Å². The Morgan fingerprint density at radius 1 is 1.36 bits per heavy atom. The third kappa shape index (κ3) is 2.92. The number of nitrogens with two attached hydrogens (primary N) is 1. The Morgan fingerprint density at radius 2 is 2.18 bits per heavy atom. The molecule has 116 valence electrons. The summed E-state index contributed by atoms with van der Waals surface area (Å²) in [5.74, 6) is 4.90. The normalized spacial score (nSPS) is 12.0. The zero-order valence-electron chi connectivity index (χ0n) is 10.6. The number of hydrogen-bond acceptors (Lipinski definition) is 8. The molecule has 0 aliphatic heterocycles. The average Bonchev–Trinajstić information content (AvgIpc) is 3.16. The number of nitrogen functional groups attached to an aromatic ring is 1. The number of nitrogens with zero attached hydrogens (tertiary/aromatic N) is 5. The molecule has 0 unspecified atom stereocenters. The summed E-state index contributed by atoms with van der Waals surface area (Å²) in [6, 6.07) is 3.66. The van der Waals surface area contributed by atoms with Crippen molar-refractivity contribution in [1.82, 2.24) is 25.0 Å². The van der Waals surface area contributed by atoms with E-state index in [1.807, 2.05) is 17.5 Å². The second-order valence-corrected chi connectivity index (χ2v) is 5.85. The summed E-state index contributed by atoms with van der Waals surface area (Å²) in [6.45, 7) is 0. The van der Waals surface area contributed by atoms with Crippen LogP contribution in [0.4, 0.5) is 13.2 Å². The van der Waals surface area contributed by atoms with Crippen molar-refractivity contribution < 1.29 is 17.7 Å². The Hall–Kier alpha value is -2.08. The lowest BCUT2D eigenvalue weighted by Crippen LogP contribution is -2.21. The highest BCUT2D eigenvalue weighted by atomic mass is 32.2. The lowest BCUT2D eigenvalue weighted by atomic mass is 10.5. The molecular weight excluding hydrogens is 341 g/mol. The molecule has 0 spiro atoms. The summed E-state index contributed by atoms with van der Waals surface area (Å²) in [7, 11) is 0. The lowest BCUT2D eigenvalue weighted by molar-refractivity contribution is -0.146. The van der Waals surface area contributed by atoms with Gasteiger partial charge in [0.15, 0.2) is 5.82 Å². The smallest absolute Gasteiger partial charge is 0.335 e. The standard InChI is InChI=1S/C10H7F3N6OS2/c11-10(12,13)8-16-17-9(19(8)14)22-4-6-15-7(20-18-6)5-2-1-3-21-5/h1-3H,4,14H2. The molecular formula is C10H7F3N6OS2. The zero-order chi connectivity index (χ0) is 15.7. The quantitative estimate of drug-likeness (QED) is 0.571. The molecule has 0 bridgehead atoms. The third-order valence-corrected chi connectivity index (χ3v) is 4.25. The number of aromatic nitrogens is 5. The van der Waals surface area contributed by atoms with Crippen LogP contribution in [0.3, 0.4) is 0 Å². The molecule has 0 amide bonds. The van der Waals surface area contributed by atoms with Crippen molar-refractivity contribution in [2.24, 2.45) is 0 Å². The van der Waals surface area contributed by atoms with E-state index in [-0.39, 0.29) is 10.9 Å². The predicted molar refractivity (Wildman–Crippen MR) is 72.3 cm³/mol. The minimum atomic E-state index is -4.65. The summed E-state index contributed by atoms with van der Waals surface area (Å²) in [5, 5.41) is 12.0. The van der Waals surface area contributed by atoms with Crippen LogP contribution in [0.5, 0.6) is 0 Å². The molecule has 3 rings (SSSR count). The lowest BCUT2D eigenvalue weighted by Gasteiger charge is -2.05. The van der Waals surface area contributed by atoms with Crippen LogP contribution in [0, 0.1) is 0 Å². The zero-order valence-corrected chi connectivity index (χ0v) is 12.2. The first-order valence-corrected chi connectivity index (χ1v) is 7.58. The van der Waals surface area contributed by atoms with Gasteiger partial charge in [-0.15, -0.1) is 21.5 Å². The largest absolute Gasteiger partial charge is 0.453 e. The van der Waals surface area contributed by atoms with E-state index in [9.17, 15) is 13.2 Å². The number of thiophene rings is 1. The van der Waals surface area contributed by atoms with Crippen LogP contribution in [0.1, 0.15) is 11.6 Å². The average molecular weight is 348 g/mol. The molecule has 0 aliphatic rings. The first-order chi connectivity index (χ1) is 10.4. The Morgan fingerprint density at radius 3 is 2.82 bits per heavy atom. The highest BCUT2D eigenvalue weighted by Crippen LogP contribution is 2.30. The highest BCUT2D eigenvalue weighted by Gasteiger charge is 2.38. The summed E-state index contributed by atoms with van der Waals surface area (Å²) in [4.78, 5) is 4.95. The molecule has 0 aromatic carbocycles. The molecule has 0 radical (unpaired) electrons. The van der Waals surface area contributed by atoms with E-state index in [1.54, 1.807) is 0 Å². The maximum Gasteiger partial charge on any atom is 0.453 e. The van der Waals surface area contributed by atoms with Gasteiger partial charge in [0.1, 0.15) is 0 Å². The van der Waals surface area contributed by atoms with Crippen molar-refractivity contribution in [3.63, 3.8) is 0 Å². The highest BCUT2D eigenvalue weighted by molar-refractivity contribution is 7.98. The van der Waals surface area contributed by atoms with Gasteiger partial charge in [-0.3, -0.25) is 0 Å². The third-order valence-electron chi connectivity index (χ3n) is 2.45. The molecule has 3 heterocycles. The molecule has 12 heteroatoms. The van der Waals surface area contributed by atoms with Gasteiger partial charge in [-0.2, -0.15) is 18.2 Å². The Bertz CT molecular complexity index is 766. The molecule has 0 saturated carbocycles. The number of halogens is 3. The van der Waals surface area contributed by atoms with E-state index >= 15 is 0 Å². The van der Waals surface area contributed by atoms with E-state index in [1.165, 1.54) is 11.3 Å². The van der Waals surface area contributed by atoms with Crippen molar-refractivity contribution in [2.45, 2.75) is 17.1 Å². The molecule has 0 fully saturated rings. The van der Waals surface area contributed by atoms with Gasteiger partial charge in [0.2, 0.25) is 5.16 Å². The van der Waals surface area contributed by atoms with Gasteiger partial charge in [-0.25, -0.2) is 4.68 Å². The van der Waals surface area contributed by atoms with Crippen LogP contribution < -0.4 is 5.84 Å². The first-order valence-electron chi connectivity index (χ1n) is 5.72. The number of rotatable bonds is 4. The minimum Gasteiger partial charge on any atom is -0.335 e. The fourth-order valence-electron chi connectivity index (χ4n) is 1.51. The number of alkyl halides is 3. The summed E-state index contributed by atoms with van der Waals surface area (Å²) in [6.07, 6.45) is -4.65. The molecule has 3 aromatic rings. The minimum absolute atomic E-state index is 0.0881. The Balaban J connectivity index is 1.70.